The molecule has 0 spiro atoms. The molecule has 3 N–H and O–H groups in total. The van der Waals surface area contributed by atoms with Crippen LogP contribution in [0.3, 0.4) is 0 Å². The summed E-state index contributed by atoms with van der Waals surface area (Å²) in [5.41, 5.74) is 0.527. The number of carbonyl (C=O) groups is 2. The summed E-state index contributed by atoms with van der Waals surface area (Å²) >= 11 is 3.11. The van der Waals surface area contributed by atoms with Crippen molar-refractivity contribution in [2.24, 2.45) is 0 Å². The van der Waals surface area contributed by atoms with Crippen molar-refractivity contribution in [1.82, 2.24) is 5.32 Å². The summed E-state index contributed by atoms with van der Waals surface area (Å²) in [5, 5.41) is 13.7. The first-order chi connectivity index (χ1) is 7.04. The molecule has 0 aliphatic heterocycles. The second-order valence-corrected chi connectivity index (χ2v) is 3.56. The monoisotopic (exact) mass is 272 g/mol. The molecule has 80 valence electrons. The van der Waals surface area contributed by atoms with Gasteiger partial charge in [0.2, 0.25) is 0 Å². The lowest BCUT2D eigenvalue weighted by Crippen LogP contribution is -2.24. The molecule has 0 saturated heterocycles. The third-order valence-corrected chi connectivity index (χ3v) is 2.37. The number of carboxylic acids is 1. The third-order valence-electron chi connectivity index (χ3n) is 1.68. The topological polar surface area (TPSA) is 78.4 Å². The predicted octanol–water partition coefficient (Wildman–Crippen LogP) is 1.90. The summed E-state index contributed by atoms with van der Waals surface area (Å²) in [6.45, 7) is 0. The molecule has 5 nitrogen and oxygen atoms in total. The summed E-state index contributed by atoms with van der Waals surface area (Å²) in [4.78, 5) is 21.7. The molecule has 0 bridgehead atoms. The van der Waals surface area contributed by atoms with Crippen LogP contribution in [0.15, 0.2) is 22.7 Å². The smallest absolute Gasteiger partial charge is 0.336 e. The van der Waals surface area contributed by atoms with Crippen molar-refractivity contribution in [2.75, 3.05) is 12.4 Å². The van der Waals surface area contributed by atoms with Crippen molar-refractivity contribution in [3.63, 3.8) is 0 Å². The first kappa shape index (κ1) is 11.5. The van der Waals surface area contributed by atoms with Crippen LogP contribution in [0.1, 0.15) is 10.4 Å². The van der Waals surface area contributed by atoms with E-state index in [0.717, 1.165) is 0 Å². The molecule has 1 rings (SSSR count). The van der Waals surface area contributed by atoms with E-state index in [9.17, 15) is 9.59 Å². The van der Waals surface area contributed by atoms with Crippen LogP contribution < -0.4 is 10.6 Å². The van der Waals surface area contributed by atoms with Gasteiger partial charge in [0.15, 0.2) is 0 Å². The molecule has 6 heteroatoms. The number of nitrogens with one attached hydrogen (secondary N) is 2. The number of amides is 2. The fourth-order valence-electron chi connectivity index (χ4n) is 0.961. The quantitative estimate of drug-likeness (QED) is 0.770. The SMILES string of the molecule is CNC(=O)Nc1ccc(Br)c(C(=O)O)c1. The van der Waals surface area contributed by atoms with E-state index < -0.39 is 12.0 Å². The number of halogens is 1. The highest BCUT2D eigenvalue weighted by Gasteiger charge is 2.09. The van der Waals surface area contributed by atoms with Gasteiger partial charge in [0, 0.05) is 17.2 Å². The molecule has 0 saturated carbocycles. The molecule has 2 amide bonds. The van der Waals surface area contributed by atoms with Gasteiger partial charge in [0.25, 0.3) is 0 Å². The lowest BCUT2D eigenvalue weighted by molar-refractivity contribution is 0.0696. The van der Waals surface area contributed by atoms with E-state index in [-0.39, 0.29) is 5.56 Å². The molecule has 0 unspecified atom stereocenters. The molecule has 1 aromatic rings. The van der Waals surface area contributed by atoms with E-state index in [4.69, 9.17) is 5.11 Å². The Morgan fingerprint density at radius 2 is 2.07 bits per heavy atom. The van der Waals surface area contributed by atoms with Gasteiger partial charge in [-0.25, -0.2) is 9.59 Å². The van der Waals surface area contributed by atoms with Crippen molar-refractivity contribution in [3.05, 3.63) is 28.2 Å². The fourth-order valence-corrected chi connectivity index (χ4v) is 1.38. The number of hydrogen-bond donors (Lipinski definition) is 3. The highest BCUT2D eigenvalue weighted by atomic mass is 79.9. The Balaban J connectivity index is 2.97. The summed E-state index contributed by atoms with van der Waals surface area (Å²) < 4.78 is 0.470. The summed E-state index contributed by atoms with van der Waals surface area (Å²) in [6, 6.07) is 4.15. The van der Waals surface area contributed by atoms with E-state index in [1.807, 2.05) is 0 Å². The molecular formula is C9H9BrN2O3. The molecule has 15 heavy (non-hydrogen) atoms. The van der Waals surface area contributed by atoms with Crippen LogP contribution in [-0.4, -0.2) is 24.2 Å². The largest absolute Gasteiger partial charge is 0.478 e. The van der Waals surface area contributed by atoms with Crippen LogP contribution in [0.25, 0.3) is 0 Å². The van der Waals surface area contributed by atoms with Crippen LogP contribution in [0.4, 0.5) is 10.5 Å². The maximum absolute atomic E-state index is 11.0. The van der Waals surface area contributed by atoms with Gasteiger partial charge in [0.1, 0.15) is 0 Å². The van der Waals surface area contributed by atoms with Gasteiger partial charge in [-0.2, -0.15) is 0 Å². The first-order valence-corrected chi connectivity index (χ1v) is 4.85. The Morgan fingerprint density at radius 3 is 2.60 bits per heavy atom. The van der Waals surface area contributed by atoms with Crippen molar-refractivity contribution in [1.29, 1.82) is 0 Å². The average molecular weight is 273 g/mol. The Labute approximate surface area is 94.6 Å². The van der Waals surface area contributed by atoms with Crippen molar-refractivity contribution in [2.45, 2.75) is 0 Å². The molecule has 0 atom stereocenters. The summed E-state index contributed by atoms with van der Waals surface area (Å²) in [6.07, 6.45) is 0. The molecule has 0 aromatic heterocycles. The van der Waals surface area contributed by atoms with E-state index >= 15 is 0 Å². The maximum atomic E-state index is 11.0. The standard InChI is InChI=1S/C9H9BrN2O3/c1-11-9(15)12-5-2-3-7(10)6(4-5)8(13)14/h2-4H,1H3,(H,13,14)(H2,11,12,15). The maximum Gasteiger partial charge on any atom is 0.336 e. The van der Waals surface area contributed by atoms with Crippen LogP contribution in [0.5, 0.6) is 0 Å². The molecule has 0 radical (unpaired) electrons. The van der Waals surface area contributed by atoms with Gasteiger partial charge in [-0.05, 0) is 34.1 Å². The second kappa shape index (κ2) is 4.79. The number of urea groups is 1. The number of benzene rings is 1. The van der Waals surface area contributed by atoms with Crippen LogP contribution in [0, 0.1) is 0 Å². The van der Waals surface area contributed by atoms with E-state index in [1.165, 1.54) is 13.1 Å². The second-order valence-electron chi connectivity index (χ2n) is 2.70. The minimum absolute atomic E-state index is 0.101. The van der Waals surface area contributed by atoms with Gasteiger partial charge in [0.05, 0.1) is 5.56 Å². The minimum atomic E-state index is -1.05. The molecule has 1 aromatic carbocycles. The van der Waals surface area contributed by atoms with Crippen LogP contribution >= 0.6 is 15.9 Å². The van der Waals surface area contributed by atoms with E-state index in [0.29, 0.717) is 10.2 Å². The number of hydrogen-bond acceptors (Lipinski definition) is 2. The van der Waals surface area contributed by atoms with Crippen molar-refractivity contribution in [3.8, 4) is 0 Å². The minimum Gasteiger partial charge on any atom is -0.478 e. The molecular weight excluding hydrogens is 264 g/mol. The lowest BCUT2D eigenvalue weighted by Gasteiger charge is -2.06. The van der Waals surface area contributed by atoms with Crippen LogP contribution in [0.2, 0.25) is 0 Å². The Hall–Kier alpha value is -1.56. The number of carboxylic acid groups (broad SMARTS) is 1. The molecule has 0 heterocycles. The fraction of sp³-hybridized carbons (Fsp3) is 0.111. The number of anilines is 1. The van der Waals surface area contributed by atoms with E-state index in [1.54, 1.807) is 12.1 Å². The van der Waals surface area contributed by atoms with Gasteiger partial charge in [-0.3, -0.25) is 0 Å². The molecule has 0 aliphatic carbocycles. The van der Waals surface area contributed by atoms with Gasteiger partial charge < -0.3 is 15.7 Å². The zero-order chi connectivity index (χ0) is 11.4. The first-order valence-electron chi connectivity index (χ1n) is 4.06. The lowest BCUT2D eigenvalue weighted by atomic mass is 10.2. The highest BCUT2D eigenvalue weighted by Crippen LogP contribution is 2.20. The van der Waals surface area contributed by atoms with Gasteiger partial charge in [-0.1, -0.05) is 0 Å². The van der Waals surface area contributed by atoms with Crippen molar-refractivity contribution >= 4 is 33.6 Å². The normalized spacial score (nSPS) is 9.47. The Morgan fingerprint density at radius 1 is 1.40 bits per heavy atom. The zero-order valence-electron chi connectivity index (χ0n) is 7.87. The number of rotatable bonds is 2. The Bertz CT molecular complexity index is 406. The molecule has 0 fully saturated rings. The summed E-state index contributed by atoms with van der Waals surface area (Å²) in [7, 11) is 1.48. The zero-order valence-corrected chi connectivity index (χ0v) is 9.46. The predicted molar refractivity (Wildman–Crippen MR) is 59.2 cm³/mol. The van der Waals surface area contributed by atoms with E-state index in [2.05, 4.69) is 26.6 Å². The Kier molecular flexibility index (Phi) is 3.68. The average Bonchev–Trinajstić information content (AvgIpc) is 2.20. The van der Waals surface area contributed by atoms with Gasteiger partial charge in [-0.15, -0.1) is 0 Å². The highest BCUT2D eigenvalue weighted by molar-refractivity contribution is 9.10. The van der Waals surface area contributed by atoms with Gasteiger partial charge >= 0.3 is 12.0 Å². The third kappa shape index (κ3) is 2.95. The molecule has 0 aliphatic rings. The number of carbonyl (C=O) groups excluding carboxylic acids is 1. The summed E-state index contributed by atoms with van der Waals surface area (Å²) in [5.74, 6) is -1.05. The van der Waals surface area contributed by atoms with Crippen LogP contribution in [-0.2, 0) is 0 Å². The van der Waals surface area contributed by atoms with Crippen molar-refractivity contribution < 1.29 is 14.7 Å². The number of aromatic carboxylic acids is 1.